The van der Waals surface area contributed by atoms with Gasteiger partial charge < -0.3 is 15.0 Å². The largest absolute Gasteiger partial charge is 0.455 e. The second-order valence-corrected chi connectivity index (χ2v) is 7.99. The van der Waals surface area contributed by atoms with Gasteiger partial charge in [-0.05, 0) is 61.1 Å². The molecule has 1 N–H and O–H groups in total. The third-order valence-corrected chi connectivity index (χ3v) is 5.87. The lowest BCUT2D eigenvalue weighted by molar-refractivity contribution is -0.151. The van der Waals surface area contributed by atoms with Crippen LogP contribution in [0.1, 0.15) is 42.5 Å². The molecule has 1 atom stereocenters. The minimum absolute atomic E-state index is 0.0893. The van der Waals surface area contributed by atoms with Crippen LogP contribution in [0.15, 0.2) is 36.4 Å². The molecule has 0 unspecified atom stereocenters. The van der Waals surface area contributed by atoms with Gasteiger partial charge in [0.2, 0.25) is 5.91 Å². The van der Waals surface area contributed by atoms with E-state index in [1.807, 2.05) is 64.1 Å². The molecule has 6 heteroatoms. The first kappa shape index (κ1) is 22.5. The Hall–Kier alpha value is -3.15. The van der Waals surface area contributed by atoms with Crippen LogP contribution in [0.25, 0.3) is 0 Å². The second-order valence-electron chi connectivity index (χ2n) is 7.99. The van der Waals surface area contributed by atoms with Crippen LogP contribution in [0.2, 0.25) is 0 Å². The van der Waals surface area contributed by atoms with Crippen LogP contribution in [0, 0.1) is 19.8 Å². The molecule has 2 aromatic carbocycles. The van der Waals surface area contributed by atoms with E-state index >= 15 is 0 Å². The summed E-state index contributed by atoms with van der Waals surface area (Å²) >= 11 is 0. The SMILES string of the molecule is CCc1cccc(CC)c1NC(=O)COC(=O)[C@@H]1CC(=O)N(c2ccc(C)c(C)c2)C1. The fourth-order valence-corrected chi connectivity index (χ4v) is 3.84. The van der Waals surface area contributed by atoms with Crippen molar-refractivity contribution < 1.29 is 19.1 Å². The summed E-state index contributed by atoms with van der Waals surface area (Å²) in [5.41, 5.74) is 5.91. The normalized spacial score (nSPS) is 15.8. The van der Waals surface area contributed by atoms with Gasteiger partial charge in [0, 0.05) is 24.3 Å². The number of hydrogen-bond donors (Lipinski definition) is 1. The van der Waals surface area contributed by atoms with Crippen LogP contribution in [0.5, 0.6) is 0 Å². The summed E-state index contributed by atoms with van der Waals surface area (Å²) in [5.74, 6) is -1.58. The molecule has 6 nitrogen and oxygen atoms in total. The van der Waals surface area contributed by atoms with E-state index in [0.717, 1.165) is 46.5 Å². The molecule has 1 fully saturated rings. The zero-order chi connectivity index (χ0) is 22.5. The molecule has 2 aromatic rings. The van der Waals surface area contributed by atoms with E-state index in [1.165, 1.54) is 0 Å². The van der Waals surface area contributed by atoms with E-state index in [1.54, 1.807) is 4.90 Å². The molecule has 3 rings (SSSR count). The highest BCUT2D eigenvalue weighted by atomic mass is 16.5. The third-order valence-electron chi connectivity index (χ3n) is 5.87. The van der Waals surface area contributed by atoms with Gasteiger partial charge in [0.05, 0.1) is 5.92 Å². The molecule has 0 aromatic heterocycles. The average molecular weight is 423 g/mol. The highest BCUT2D eigenvalue weighted by molar-refractivity contribution is 6.00. The second kappa shape index (κ2) is 9.77. The molecule has 0 saturated carbocycles. The lowest BCUT2D eigenvalue weighted by atomic mass is 10.0. The van der Waals surface area contributed by atoms with Crippen molar-refractivity contribution in [3.05, 3.63) is 58.7 Å². The number of para-hydroxylation sites is 1. The standard InChI is InChI=1S/C25H30N2O4/c1-5-18-8-7-9-19(6-2)24(18)26-22(28)15-31-25(30)20-13-23(29)27(14-20)21-11-10-16(3)17(4)12-21/h7-12,20H,5-6,13-15H2,1-4H3,(H,26,28)/t20-/m1/s1. The molecule has 0 spiro atoms. The lowest BCUT2D eigenvalue weighted by Gasteiger charge is -2.18. The average Bonchev–Trinajstić information content (AvgIpc) is 3.15. The zero-order valence-electron chi connectivity index (χ0n) is 18.7. The van der Waals surface area contributed by atoms with Crippen molar-refractivity contribution in [3.63, 3.8) is 0 Å². The molecule has 1 aliphatic rings. The van der Waals surface area contributed by atoms with Crippen LogP contribution < -0.4 is 10.2 Å². The first-order valence-electron chi connectivity index (χ1n) is 10.8. The Labute approximate surface area is 183 Å². The summed E-state index contributed by atoms with van der Waals surface area (Å²) in [6, 6.07) is 11.7. The maximum Gasteiger partial charge on any atom is 0.311 e. The van der Waals surface area contributed by atoms with Crippen LogP contribution in [-0.2, 0) is 32.0 Å². The number of hydrogen-bond acceptors (Lipinski definition) is 4. The summed E-state index contributed by atoms with van der Waals surface area (Å²) in [4.78, 5) is 39.0. The lowest BCUT2D eigenvalue weighted by Crippen LogP contribution is -2.28. The Morgan fingerprint density at radius 2 is 1.74 bits per heavy atom. The van der Waals surface area contributed by atoms with E-state index in [-0.39, 0.29) is 31.4 Å². The highest BCUT2D eigenvalue weighted by Crippen LogP contribution is 2.27. The van der Waals surface area contributed by atoms with Gasteiger partial charge in [-0.1, -0.05) is 38.1 Å². The predicted octanol–water partition coefficient (Wildman–Crippen LogP) is 3.96. The van der Waals surface area contributed by atoms with Crippen molar-refractivity contribution >= 4 is 29.2 Å². The van der Waals surface area contributed by atoms with Gasteiger partial charge in [0.25, 0.3) is 5.91 Å². The van der Waals surface area contributed by atoms with Gasteiger partial charge in [-0.3, -0.25) is 14.4 Å². The van der Waals surface area contributed by atoms with Crippen molar-refractivity contribution in [1.29, 1.82) is 0 Å². The topological polar surface area (TPSA) is 75.7 Å². The molecule has 0 radical (unpaired) electrons. The Morgan fingerprint density at radius 1 is 1.06 bits per heavy atom. The molecule has 164 valence electrons. The highest BCUT2D eigenvalue weighted by Gasteiger charge is 2.36. The maximum atomic E-state index is 12.5. The van der Waals surface area contributed by atoms with E-state index < -0.39 is 11.9 Å². The number of amides is 2. The molecule has 0 aliphatic carbocycles. The zero-order valence-corrected chi connectivity index (χ0v) is 18.7. The minimum Gasteiger partial charge on any atom is -0.455 e. The Morgan fingerprint density at radius 3 is 2.35 bits per heavy atom. The number of benzene rings is 2. The molecule has 2 amide bonds. The summed E-state index contributed by atoms with van der Waals surface area (Å²) < 4.78 is 5.25. The number of anilines is 2. The molecule has 1 saturated heterocycles. The molecule has 0 bridgehead atoms. The van der Waals surface area contributed by atoms with Crippen molar-refractivity contribution in [1.82, 2.24) is 0 Å². The van der Waals surface area contributed by atoms with Gasteiger partial charge in [-0.25, -0.2) is 0 Å². The molecule has 1 aliphatic heterocycles. The van der Waals surface area contributed by atoms with E-state index in [9.17, 15) is 14.4 Å². The Balaban J connectivity index is 1.58. The van der Waals surface area contributed by atoms with Crippen LogP contribution in [0.3, 0.4) is 0 Å². The number of aryl methyl sites for hydroxylation is 4. The minimum atomic E-state index is -0.573. The third kappa shape index (κ3) is 5.13. The number of esters is 1. The summed E-state index contributed by atoms with van der Waals surface area (Å²) in [6.07, 6.45) is 1.68. The number of nitrogens with one attached hydrogen (secondary N) is 1. The number of nitrogens with zero attached hydrogens (tertiary/aromatic N) is 1. The molecular formula is C25H30N2O4. The van der Waals surface area contributed by atoms with E-state index in [4.69, 9.17) is 4.74 Å². The smallest absolute Gasteiger partial charge is 0.311 e. The van der Waals surface area contributed by atoms with Gasteiger partial charge in [0.15, 0.2) is 6.61 Å². The fourth-order valence-electron chi connectivity index (χ4n) is 3.84. The van der Waals surface area contributed by atoms with Crippen molar-refractivity contribution in [2.45, 2.75) is 47.0 Å². The summed E-state index contributed by atoms with van der Waals surface area (Å²) in [5, 5.41) is 2.89. The fraction of sp³-hybridized carbons (Fsp3) is 0.400. The van der Waals surface area contributed by atoms with E-state index in [0.29, 0.717) is 0 Å². The van der Waals surface area contributed by atoms with Crippen molar-refractivity contribution in [2.75, 3.05) is 23.4 Å². The number of carbonyl (C=O) groups is 3. The Kier molecular flexibility index (Phi) is 7.10. The summed E-state index contributed by atoms with van der Waals surface area (Å²) in [6.45, 7) is 7.96. The van der Waals surface area contributed by atoms with E-state index in [2.05, 4.69) is 5.32 Å². The number of carbonyl (C=O) groups excluding carboxylic acids is 3. The van der Waals surface area contributed by atoms with Crippen LogP contribution in [0.4, 0.5) is 11.4 Å². The Bertz CT molecular complexity index is 977. The van der Waals surface area contributed by atoms with Gasteiger partial charge in [-0.2, -0.15) is 0 Å². The van der Waals surface area contributed by atoms with Crippen LogP contribution in [-0.4, -0.2) is 30.9 Å². The van der Waals surface area contributed by atoms with Crippen molar-refractivity contribution in [2.24, 2.45) is 5.92 Å². The number of ether oxygens (including phenoxy) is 1. The predicted molar refractivity (Wildman–Crippen MR) is 121 cm³/mol. The first-order valence-corrected chi connectivity index (χ1v) is 10.8. The monoisotopic (exact) mass is 422 g/mol. The van der Waals surface area contributed by atoms with Crippen molar-refractivity contribution in [3.8, 4) is 0 Å². The van der Waals surface area contributed by atoms with Gasteiger partial charge in [-0.15, -0.1) is 0 Å². The maximum absolute atomic E-state index is 12.5. The molecule has 1 heterocycles. The first-order chi connectivity index (χ1) is 14.8. The van der Waals surface area contributed by atoms with Gasteiger partial charge in [0.1, 0.15) is 0 Å². The van der Waals surface area contributed by atoms with Crippen LogP contribution >= 0.6 is 0 Å². The molecule has 31 heavy (non-hydrogen) atoms. The summed E-state index contributed by atoms with van der Waals surface area (Å²) in [7, 11) is 0. The van der Waals surface area contributed by atoms with Gasteiger partial charge >= 0.3 is 5.97 Å². The molecular weight excluding hydrogens is 392 g/mol. The number of rotatable bonds is 7. The quantitative estimate of drug-likeness (QED) is 0.685.